The van der Waals surface area contributed by atoms with Crippen LogP contribution in [0.3, 0.4) is 0 Å². The number of hydrogen-bond acceptors (Lipinski definition) is 2. The highest BCUT2D eigenvalue weighted by Gasteiger charge is 2.37. The van der Waals surface area contributed by atoms with Crippen molar-refractivity contribution in [3.05, 3.63) is 23.5 Å². The summed E-state index contributed by atoms with van der Waals surface area (Å²) >= 11 is 2.12. The maximum atomic E-state index is 3.59. The van der Waals surface area contributed by atoms with Gasteiger partial charge in [0.1, 0.15) is 0 Å². The number of aromatic amines is 1. The van der Waals surface area contributed by atoms with Gasteiger partial charge in [0.25, 0.3) is 0 Å². The normalized spacial score (nSPS) is 31.2. The quantitative estimate of drug-likeness (QED) is 0.705. The Hall–Kier alpha value is -0.410. The Kier molecular flexibility index (Phi) is 2.53. The van der Waals surface area contributed by atoms with Crippen molar-refractivity contribution in [1.82, 2.24) is 10.3 Å². The highest BCUT2D eigenvalue weighted by Crippen LogP contribution is 2.39. The molecular formula is C12H18N2S. The van der Waals surface area contributed by atoms with Crippen molar-refractivity contribution in [2.75, 3.05) is 18.1 Å². The summed E-state index contributed by atoms with van der Waals surface area (Å²) in [4.78, 5) is 3.50. The standard InChI is InChI=1S/C12H18N2S/c1-3-12(4-7-15-6-1)9-13-8-10-2-5-14-11(10)12/h2,5,13-14H,1,3-4,6-9H2. The first-order valence-corrected chi connectivity index (χ1v) is 7.01. The fraction of sp³-hybridized carbons (Fsp3) is 0.667. The van der Waals surface area contributed by atoms with Gasteiger partial charge in [-0.3, -0.25) is 0 Å². The molecule has 2 aliphatic heterocycles. The summed E-state index contributed by atoms with van der Waals surface area (Å²) in [6.45, 7) is 2.22. The third-order valence-electron chi connectivity index (χ3n) is 3.81. The summed E-state index contributed by atoms with van der Waals surface area (Å²) in [6, 6.07) is 2.24. The van der Waals surface area contributed by atoms with E-state index in [4.69, 9.17) is 0 Å². The molecule has 1 aromatic heterocycles. The zero-order chi connectivity index (χ0) is 10.1. The van der Waals surface area contributed by atoms with Crippen molar-refractivity contribution >= 4 is 11.8 Å². The number of H-pyrrole nitrogens is 1. The first kappa shape index (κ1) is 9.79. The van der Waals surface area contributed by atoms with Gasteiger partial charge in [0.2, 0.25) is 0 Å². The van der Waals surface area contributed by atoms with Gasteiger partial charge < -0.3 is 10.3 Å². The van der Waals surface area contributed by atoms with Gasteiger partial charge in [0.05, 0.1) is 0 Å². The van der Waals surface area contributed by atoms with Crippen molar-refractivity contribution in [2.24, 2.45) is 0 Å². The van der Waals surface area contributed by atoms with E-state index in [-0.39, 0.29) is 0 Å². The van der Waals surface area contributed by atoms with Crippen LogP contribution < -0.4 is 5.32 Å². The molecule has 0 bridgehead atoms. The molecule has 0 amide bonds. The maximum Gasteiger partial charge on any atom is 0.0268 e. The van der Waals surface area contributed by atoms with E-state index in [1.54, 1.807) is 0 Å². The Balaban J connectivity index is 1.98. The Bertz CT molecular complexity index is 337. The largest absolute Gasteiger partial charge is 0.364 e. The average molecular weight is 222 g/mol. The summed E-state index contributed by atoms with van der Waals surface area (Å²) in [5.41, 5.74) is 3.44. The second-order valence-corrected chi connectivity index (χ2v) is 5.95. The SMILES string of the molecule is c1cc2c([nH]1)C1(CCCSCC1)CNC2. The van der Waals surface area contributed by atoms with E-state index in [0.717, 1.165) is 6.54 Å². The van der Waals surface area contributed by atoms with E-state index < -0.39 is 0 Å². The molecule has 2 nitrogen and oxygen atoms in total. The van der Waals surface area contributed by atoms with Crippen molar-refractivity contribution in [2.45, 2.75) is 31.2 Å². The summed E-state index contributed by atoms with van der Waals surface area (Å²) in [5.74, 6) is 2.66. The lowest BCUT2D eigenvalue weighted by Crippen LogP contribution is -2.43. The Morgan fingerprint density at radius 1 is 1.27 bits per heavy atom. The van der Waals surface area contributed by atoms with Crippen LogP contribution in [-0.4, -0.2) is 23.0 Å². The van der Waals surface area contributed by atoms with E-state index in [0.29, 0.717) is 5.41 Å². The fourth-order valence-electron chi connectivity index (χ4n) is 3.00. The molecule has 15 heavy (non-hydrogen) atoms. The molecule has 3 heterocycles. The summed E-state index contributed by atoms with van der Waals surface area (Å²) in [7, 11) is 0. The summed E-state index contributed by atoms with van der Waals surface area (Å²) in [6.07, 6.45) is 6.15. The minimum Gasteiger partial charge on any atom is -0.364 e. The van der Waals surface area contributed by atoms with Crippen LogP contribution in [0, 0.1) is 0 Å². The highest BCUT2D eigenvalue weighted by atomic mass is 32.2. The minimum atomic E-state index is 0.417. The molecule has 1 atom stereocenters. The van der Waals surface area contributed by atoms with E-state index in [2.05, 4.69) is 34.3 Å². The predicted octanol–water partition coefficient (Wildman–Crippen LogP) is 2.27. The highest BCUT2D eigenvalue weighted by molar-refractivity contribution is 7.99. The van der Waals surface area contributed by atoms with Crippen LogP contribution in [0.25, 0.3) is 0 Å². The van der Waals surface area contributed by atoms with Crippen LogP contribution in [0.2, 0.25) is 0 Å². The van der Waals surface area contributed by atoms with Gasteiger partial charge in [-0.2, -0.15) is 11.8 Å². The van der Waals surface area contributed by atoms with Crippen LogP contribution in [0.1, 0.15) is 30.5 Å². The molecule has 1 fully saturated rings. The number of rotatable bonds is 0. The van der Waals surface area contributed by atoms with Crippen molar-refractivity contribution in [3.63, 3.8) is 0 Å². The number of hydrogen-bond donors (Lipinski definition) is 2. The second-order valence-electron chi connectivity index (χ2n) is 4.73. The third kappa shape index (κ3) is 1.62. The van der Waals surface area contributed by atoms with Gasteiger partial charge in [-0.1, -0.05) is 0 Å². The number of nitrogens with one attached hydrogen (secondary N) is 2. The molecule has 3 heteroatoms. The average Bonchev–Trinajstić information content (AvgIpc) is 2.62. The van der Waals surface area contributed by atoms with Gasteiger partial charge in [-0.05, 0) is 42.4 Å². The topological polar surface area (TPSA) is 27.8 Å². The Morgan fingerprint density at radius 2 is 2.27 bits per heavy atom. The van der Waals surface area contributed by atoms with Crippen LogP contribution in [0.4, 0.5) is 0 Å². The van der Waals surface area contributed by atoms with Crippen molar-refractivity contribution in [3.8, 4) is 0 Å². The predicted molar refractivity (Wildman–Crippen MR) is 65.4 cm³/mol. The fourth-order valence-corrected chi connectivity index (χ4v) is 4.09. The van der Waals surface area contributed by atoms with Gasteiger partial charge in [0.15, 0.2) is 0 Å². The van der Waals surface area contributed by atoms with Crippen LogP contribution >= 0.6 is 11.8 Å². The van der Waals surface area contributed by atoms with E-state index in [1.807, 2.05) is 0 Å². The second kappa shape index (κ2) is 3.87. The maximum absolute atomic E-state index is 3.59. The molecule has 1 unspecified atom stereocenters. The first-order valence-electron chi connectivity index (χ1n) is 5.86. The van der Waals surface area contributed by atoms with E-state index >= 15 is 0 Å². The summed E-state index contributed by atoms with van der Waals surface area (Å²) in [5, 5.41) is 3.59. The zero-order valence-corrected chi connectivity index (χ0v) is 9.83. The molecule has 1 aromatic rings. The molecule has 0 saturated carbocycles. The van der Waals surface area contributed by atoms with E-state index in [1.165, 1.54) is 48.6 Å². The van der Waals surface area contributed by atoms with Crippen molar-refractivity contribution < 1.29 is 0 Å². The minimum absolute atomic E-state index is 0.417. The van der Waals surface area contributed by atoms with Gasteiger partial charge in [-0.25, -0.2) is 0 Å². The molecule has 1 spiro atoms. The molecule has 2 N–H and O–H groups in total. The van der Waals surface area contributed by atoms with E-state index in [9.17, 15) is 0 Å². The molecule has 0 radical (unpaired) electrons. The lowest BCUT2D eigenvalue weighted by Gasteiger charge is -2.37. The molecular weight excluding hydrogens is 204 g/mol. The Labute approximate surface area is 95.2 Å². The molecule has 3 rings (SSSR count). The number of thioether (sulfide) groups is 1. The lowest BCUT2D eigenvalue weighted by molar-refractivity contribution is 0.328. The van der Waals surface area contributed by atoms with Crippen molar-refractivity contribution in [1.29, 1.82) is 0 Å². The third-order valence-corrected chi connectivity index (χ3v) is 4.88. The number of fused-ring (bicyclic) bond motifs is 2. The van der Waals surface area contributed by atoms with Gasteiger partial charge >= 0.3 is 0 Å². The first-order chi connectivity index (χ1) is 7.41. The van der Waals surface area contributed by atoms with Gasteiger partial charge in [-0.15, -0.1) is 0 Å². The monoisotopic (exact) mass is 222 g/mol. The summed E-state index contributed by atoms with van der Waals surface area (Å²) < 4.78 is 0. The zero-order valence-electron chi connectivity index (χ0n) is 9.01. The molecule has 82 valence electrons. The molecule has 2 aliphatic rings. The van der Waals surface area contributed by atoms with Crippen LogP contribution in [0.5, 0.6) is 0 Å². The smallest absolute Gasteiger partial charge is 0.0268 e. The molecule has 1 saturated heterocycles. The van der Waals surface area contributed by atoms with Crippen LogP contribution in [0.15, 0.2) is 12.3 Å². The number of aromatic nitrogens is 1. The van der Waals surface area contributed by atoms with Gasteiger partial charge in [0, 0.05) is 30.4 Å². The lowest BCUT2D eigenvalue weighted by atomic mass is 9.74. The van der Waals surface area contributed by atoms with Crippen LogP contribution in [-0.2, 0) is 12.0 Å². The molecule has 0 aromatic carbocycles. The Morgan fingerprint density at radius 3 is 3.27 bits per heavy atom. The molecule has 0 aliphatic carbocycles.